The molecule has 7 nitrogen and oxygen atoms in total. The third-order valence-electron chi connectivity index (χ3n) is 6.78. The van der Waals surface area contributed by atoms with Crippen LogP contribution in [0.1, 0.15) is 34.1 Å². The molecular formula is C25H28BrClN6O. The Kier molecular flexibility index (Phi) is 7.01. The second kappa shape index (κ2) is 10.2. The number of carbonyl (C=O) groups is 1. The molecule has 1 aliphatic carbocycles. The summed E-state index contributed by atoms with van der Waals surface area (Å²) in [5, 5.41) is 7.26. The highest BCUT2D eigenvalue weighted by atomic mass is 79.9. The molecule has 0 radical (unpaired) electrons. The molecule has 1 aliphatic heterocycles. The van der Waals surface area contributed by atoms with E-state index >= 15 is 0 Å². The molecule has 2 aromatic heterocycles. The monoisotopic (exact) mass is 542 g/mol. The number of carbonyl (C=O) groups excluding carboxylic acids is 1. The van der Waals surface area contributed by atoms with E-state index in [1.54, 1.807) is 6.33 Å². The van der Waals surface area contributed by atoms with E-state index in [-0.39, 0.29) is 18.0 Å². The number of imidazole rings is 1. The van der Waals surface area contributed by atoms with Crippen LogP contribution in [0.4, 0.5) is 0 Å². The van der Waals surface area contributed by atoms with Gasteiger partial charge in [-0.2, -0.15) is 0 Å². The van der Waals surface area contributed by atoms with E-state index in [0.717, 1.165) is 53.2 Å². The van der Waals surface area contributed by atoms with Gasteiger partial charge in [-0.3, -0.25) is 14.7 Å². The number of rotatable bonds is 5. The van der Waals surface area contributed by atoms with Gasteiger partial charge in [-0.25, -0.2) is 4.98 Å². The van der Waals surface area contributed by atoms with Crippen molar-refractivity contribution in [3.8, 4) is 0 Å². The quantitative estimate of drug-likeness (QED) is 0.517. The van der Waals surface area contributed by atoms with Crippen LogP contribution >= 0.6 is 27.5 Å². The molecule has 5 rings (SSSR count). The van der Waals surface area contributed by atoms with E-state index < -0.39 is 0 Å². The lowest BCUT2D eigenvalue weighted by atomic mass is 9.95. The maximum atomic E-state index is 13.0. The van der Waals surface area contributed by atoms with Gasteiger partial charge in [0, 0.05) is 67.2 Å². The number of amides is 1. The average Bonchev–Trinajstić information content (AvgIpc) is 3.17. The van der Waals surface area contributed by atoms with Crippen LogP contribution in [0.25, 0.3) is 0 Å². The first-order valence-corrected chi connectivity index (χ1v) is 12.8. The third-order valence-corrected chi connectivity index (χ3v) is 7.44. The minimum absolute atomic E-state index is 0.00953. The van der Waals surface area contributed by atoms with Gasteiger partial charge in [0.15, 0.2) is 0 Å². The summed E-state index contributed by atoms with van der Waals surface area (Å²) in [6.07, 6.45) is 8.07. The van der Waals surface area contributed by atoms with Crippen molar-refractivity contribution in [3.63, 3.8) is 0 Å². The minimum atomic E-state index is -0.279. The van der Waals surface area contributed by atoms with Gasteiger partial charge in [0.05, 0.1) is 24.1 Å². The van der Waals surface area contributed by atoms with Crippen LogP contribution in [0, 0.1) is 0 Å². The molecule has 2 N–H and O–H groups in total. The Hall–Kier alpha value is -2.26. The van der Waals surface area contributed by atoms with Gasteiger partial charge in [-0.1, -0.05) is 17.7 Å². The summed E-state index contributed by atoms with van der Waals surface area (Å²) in [6, 6.07) is 8.06. The Labute approximate surface area is 213 Å². The van der Waals surface area contributed by atoms with Crippen LogP contribution in [-0.4, -0.2) is 57.6 Å². The predicted molar refractivity (Wildman–Crippen MR) is 136 cm³/mol. The number of aromatic nitrogens is 3. The largest absolute Gasteiger partial charge is 0.354 e. The van der Waals surface area contributed by atoms with Crippen molar-refractivity contribution in [1.29, 1.82) is 0 Å². The molecule has 3 heterocycles. The number of nitrogens with zero attached hydrogens (tertiary/aromatic N) is 4. The summed E-state index contributed by atoms with van der Waals surface area (Å²) in [4.78, 5) is 24.4. The number of nitrogens with one attached hydrogen (secondary N) is 2. The molecule has 178 valence electrons. The average molecular weight is 544 g/mol. The van der Waals surface area contributed by atoms with E-state index in [9.17, 15) is 4.79 Å². The maximum Gasteiger partial charge on any atom is 0.238 e. The van der Waals surface area contributed by atoms with Crippen molar-refractivity contribution in [3.05, 3.63) is 80.6 Å². The number of halogens is 2. The van der Waals surface area contributed by atoms with Gasteiger partial charge < -0.3 is 15.2 Å². The number of benzene rings is 1. The van der Waals surface area contributed by atoms with Crippen LogP contribution in [0.5, 0.6) is 0 Å². The molecule has 1 saturated heterocycles. The first kappa shape index (κ1) is 23.5. The molecule has 0 saturated carbocycles. The lowest BCUT2D eigenvalue weighted by Gasteiger charge is -2.39. The smallest absolute Gasteiger partial charge is 0.238 e. The normalized spacial score (nSPS) is 20.3. The van der Waals surface area contributed by atoms with Gasteiger partial charge in [0.2, 0.25) is 5.91 Å². The first-order valence-electron chi connectivity index (χ1n) is 11.6. The molecule has 2 aliphatic rings. The Balaban J connectivity index is 1.36. The highest BCUT2D eigenvalue weighted by Crippen LogP contribution is 2.37. The number of hydrogen-bond acceptors (Lipinski definition) is 5. The molecule has 1 aromatic carbocycles. The summed E-state index contributed by atoms with van der Waals surface area (Å²) >= 11 is 9.94. The number of aryl methyl sites for hydroxylation is 3. The molecule has 3 aromatic rings. The van der Waals surface area contributed by atoms with E-state index in [1.807, 2.05) is 30.1 Å². The van der Waals surface area contributed by atoms with Crippen LogP contribution in [-0.2, 0) is 31.1 Å². The Bertz CT molecular complexity index is 1140. The van der Waals surface area contributed by atoms with Gasteiger partial charge in [-0.05, 0) is 63.7 Å². The number of piperazine rings is 1. The summed E-state index contributed by atoms with van der Waals surface area (Å²) in [5.74, 6) is 0.0285. The van der Waals surface area contributed by atoms with E-state index in [2.05, 4.69) is 54.6 Å². The predicted octanol–water partition coefficient (Wildman–Crippen LogP) is 3.05. The Morgan fingerprint density at radius 1 is 1.26 bits per heavy atom. The van der Waals surface area contributed by atoms with Crippen LogP contribution in [0.2, 0.25) is 5.02 Å². The maximum absolute atomic E-state index is 13.0. The fourth-order valence-corrected chi connectivity index (χ4v) is 5.60. The molecule has 1 unspecified atom stereocenters. The van der Waals surface area contributed by atoms with Crippen molar-refractivity contribution in [2.45, 2.75) is 31.3 Å². The molecule has 9 heteroatoms. The zero-order valence-corrected chi connectivity index (χ0v) is 21.4. The lowest BCUT2D eigenvalue weighted by Crippen LogP contribution is -2.58. The fraction of sp³-hybridized carbons (Fsp3) is 0.400. The van der Waals surface area contributed by atoms with Crippen molar-refractivity contribution in [2.24, 2.45) is 7.05 Å². The van der Waals surface area contributed by atoms with Crippen LogP contribution < -0.4 is 10.6 Å². The van der Waals surface area contributed by atoms with Crippen molar-refractivity contribution in [1.82, 2.24) is 30.1 Å². The summed E-state index contributed by atoms with van der Waals surface area (Å²) in [6.45, 7) is 2.77. The summed E-state index contributed by atoms with van der Waals surface area (Å²) in [7, 11) is 1.97. The van der Waals surface area contributed by atoms with E-state index in [0.29, 0.717) is 13.1 Å². The molecular weight excluding hydrogens is 516 g/mol. The topological polar surface area (TPSA) is 75.1 Å². The standard InChI is InChI=1S/C25H28BrClN6O/c1-32-15-28-13-20(32)6-7-30-25(34)22-14-33(9-8-29-22)24-21-5-4-19(27)11-16(21)2-3-17-10-18(26)12-31-23(17)24/h4-5,10-13,15,22,24,29H,2-3,6-9,14H2,1H3,(H,30,34)/t22-,24?/m1/s1. The lowest BCUT2D eigenvalue weighted by molar-refractivity contribution is -0.124. The van der Waals surface area contributed by atoms with Crippen LogP contribution in [0.3, 0.4) is 0 Å². The molecule has 2 atom stereocenters. The van der Waals surface area contributed by atoms with Gasteiger partial charge in [0.1, 0.15) is 0 Å². The molecule has 1 fully saturated rings. The highest BCUT2D eigenvalue weighted by molar-refractivity contribution is 9.10. The highest BCUT2D eigenvalue weighted by Gasteiger charge is 2.35. The zero-order chi connectivity index (χ0) is 23.7. The zero-order valence-electron chi connectivity index (χ0n) is 19.1. The Morgan fingerprint density at radius 2 is 2.12 bits per heavy atom. The van der Waals surface area contributed by atoms with E-state index in [4.69, 9.17) is 16.6 Å². The molecule has 0 spiro atoms. The SMILES string of the molecule is Cn1cncc1CCNC(=O)[C@H]1CN(C2c3ccc(Cl)cc3CCc3cc(Br)cnc32)CCN1. The third kappa shape index (κ3) is 4.91. The summed E-state index contributed by atoms with van der Waals surface area (Å²) < 4.78 is 2.96. The van der Waals surface area contributed by atoms with Crippen molar-refractivity contribution >= 4 is 33.4 Å². The number of pyridine rings is 1. The molecule has 0 bridgehead atoms. The second-order valence-electron chi connectivity index (χ2n) is 8.98. The van der Waals surface area contributed by atoms with Gasteiger partial charge in [0.25, 0.3) is 0 Å². The van der Waals surface area contributed by atoms with Gasteiger partial charge in [-0.15, -0.1) is 0 Å². The molecule has 1 amide bonds. The summed E-state index contributed by atoms with van der Waals surface area (Å²) in [5.41, 5.74) is 5.89. The number of hydrogen-bond donors (Lipinski definition) is 2. The number of fused-ring (bicyclic) bond motifs is 2. The van der Waals surface area contributed by atoms with Crippen molar-refractivity contribution in [2.75, 3.05) is 26.2 Å². The minimum Gasteiger partial charge on any atom is -0.354 e. The van der Waals surface area contributed by atoms with E-state index in [1.165, 1.54) is 16.7 Å². The Morgan fingerprint density at radius 3 is 2.94 bits per heavy atom. The van der Waals surface area contributed by atoms with Crippen molar-refractivity contribution < 1.29 is 4.79 Å². The first-order chi connectivity index (χ1) is 16.5. The second-order valence-corrected chi connectivity index (χ2v) is 10.3. The van der Waals surface area contributed by atoms with Gasteiger partial charge >= 0.3 is 0 Å². The van der Waals surface area contributed by atoms with Crippen LogP contribution in [0.15, 0.2) is 47.5 Å². The fourth-order valence-electron chi connectivity index (χ4n) is 5.03. The molecule has 34 heavy (non-hydrogen) atoms.